The van der Waals surface area contributed by atoms with Crippen LogP contribution in [0.1, 0.15) is 19.8 Å². The molecule has 3 heteroatoms. The molecule has 0 aromatic rings. The molecule has 1 N–H and O–H groups in total. The van der Waals surface area contributed by atoms with Crippen LogP contribution in [0.3, 0.4) is 0 Å². The molecule has 1 saturated heterocycles. The summed E-state index contributed by atoms with van der Waals surface area (Å²) in [7, 11) is 1.80. The van der Waals surface area contributed by atoms with E-state index in [9.17, 15) is 0 Å². The standard InChI is InChI=1S/C11H24N2O/c1-3-12-6-9-13-7-4-11(5-8-13)10-14-2/h11-12H,3-10H2,1-2H3. The number of piperidine rings is 1. The Hall–Kier alpha value is -0.120. The van der Waals surface area contributed by atoms with Gasteiger partial charge < -0.3 is 15.0 Å². The molecule has 1 aliphatic heterocycles. The smallest absolute Gasteiger partial charge is 0.0491 e. The second-order valence-corrected chi connectivity index (χ2v) is 4.09. The zero-order valence-electron chi connectivity index (χ0n) is 9.59. The van der Waals surface area contributed by atoms with Crippen molar-refractivity contribution in [3.63, 3.8) is 0 Å². The largest absolute Gasteiger partial charge is 0.384 e. The molecular weight excluding hydrogens is 176 g/mol. The van der Waals surface area contributed by atoms with Gasteiger partial charge in [-0.1, -0.05) is 6.92 Å². The van der Waals surface area contributed by atoms with Crippen molar-refractivity contribution in [2.75, 3.05) is 46.4 Å². The Morgan fingerprint density at radius 3 is 2.64 bits per heavy atom. The van der Waals surface area contributed by atoms with Gasteiger partial charge in [0, 0.05) is 26.8 Å². The lowest BCUT2D eigenvalue weighted by molar-refractivity contribution is 0.0999. The Kier molecular flexibility index (Phi) is 6.15. The van der Waals surface area contributed by atoms with E-state index in [1.54, 1.807) is 7.11 Å². The van der Waals surface area contributed by atoms with E-state index < -0.39 is 0 Å². The minimum Gasteiger partial charge on any atom is -0.384 e. The van der Waals surface area contributed by atoms with E-state index in [-0.39, 0.29) is 0 Å². The molecule has 0 radical (unpaired) electrons. The van der Waals surface area contributed by atoms with Crippen LogP contribution in [0.2, 0.25) is 0 Å². The van der Waals surface area contributed by atoms with Gasteiger partial charge in [-0.3, -0.25) is 0 Å². The monoisotopic (exact) mass is 200 g/mol. The Labute approximate surface area is 87.8 Å². The summed E-state index contributed by atoms with van der Waals surface area (Å²) in [5.74, 6) is 0.801. The third-order valence-electron chi connectivity index (χ3n) is 2.96. The van der Waals surface area contributed by atoms with Gasteiger partial charge >= 0.3 is 0 Å². The summed E-state index contributed by atoms with van der Waals surface area (Å²) < 4.78 is 5.18. The van der Waals surface area contributed by atoms with Crippen molar-refractivity contribution in [3.8, 4) is 0 Å². The molecule has 0 aromatic heterocycles. The quantitative estimate of drug-likeness (QED) is 0.646. The maximum Gasteiger partial charge on any atom is 0.0491 e. The normalized spacial score (nSPS) is 20.1. The number of likely N-dealkylation sites (tertiary alicyclic amines) is 1. The van der Waals surface area contributed by atoms with Gasteiger partial charge in [-0.25, -0.2) is 0 Å². The molecule has 0 amide bonds. The minimum atomic E-state index is 0.801. The first kappa shape index (κ1) is 12.0. The van der Waals surface area contributed by atoms with Crippen molar-refractivity contribution in [2.45, 2.75) is 19.8 Å². The maximum atomic E-state index is 5.18. The Morgan fingerprint density at radius 1 is 1.36 bits per heavy atom. The molecule has 1 heterocycles. The van der Waals surface area contributed by atoms with E-state index in [0.29, 0.717) is 0 Å². The molecule has 0 unspecified atom stereocenters. The summed E-state index contributed by atoms with van der Waals surface area (Å²) in [4.78, 5) is 2.55. The Bertz CT molecular complexity index is 133. The van der Waals surface area contributed by atoms with Crippen LogP contribution in [0.4, 0.5) is 0 Å². The third-order valence-corrected chi connectivity index (χ3v) is 2.96. The van der Waals surface area contributed by atoms with Crippen molar-refractivity contribution in [1.29, 1.82) is 0 Å². The van der Waals surface area contributed by atoms with E-state index >= 15 is 0 Å². The van der Waals surface area contributed by atoms with E-state index in [0.717, 1.165) is 25.6 Å². The minimum absolute atomic E-state index is 0.801. The van der Waals surface area contributed by atoms with E-state index in [2.05, 4.69) is 17.1 Å². The third kappa shape index (κ3) is 4.40. The van der Waals surface area contributed by atoms with Gasteiger partial charge in [0.05, 0.1) is 0 Å². The van der Waals surface area contributed by atoms with Crippen LogP contribution >= 0.6 is 0 Å². The molecule has 84 valence electrons. The van der Waals surface area contributed by atoms with Crippen molar-refractivity contribution < 1.29 is 4.74 Å². The molecule has 0 aliphatic carbocycles. The highest BCUT2D eigenvalue weighted by Gasteiger charge is 2.18. The number of hydrogen-bond donors (Lipinski definition) is 1. The van der Waals surface area contributed by atoms with Gasteiger partial charge in [-0.15, -0.1) is 0 Å². The summed E-state index contributed by atoms with van der Waals surface area (Å²) >= 11 is 0. The molecule has 0 saturated carbocycles. The van der Waals surface area contributed by atoms with Gasteiger partial charge in [-0.05, 0) is 38.4 Å². The molecular formula is C11H24N2O. The van der Waals surface area contributed by atoms with Crippen molar-refractivity contribution >= 4 is 0 Å². The molecule has 0 bridgehead atoms. The summed E-state index contributed by atoms with van der Waals surface area (Å²) in [6.07, 6.45) is 2.61. The highest BCUT2D eigenvalue weighted by molar-refractivity contribution is 4.72. The lowest BCUT2D eigenvalue weighted by Crippen LogP contribution is -2.39. The molecule has 1 rings (SSSR count). The molecule has 3 nitrogen and oxygen atoms in total. The van der Waals surface area contributed by atoms with Crippen LogP contribution in [0.25, 0.3) is 0 Å². The summed E-state index contributed by atoms with van der Waals surface area (Å²) in [5.41, 5.74) is 0. The van der Waals surface area contributed by atoms with Gasteiger partial charge in [0.1, 0.15) is 0 Å². The molecule has 0 spiro atoms. The van der Waals surface area contributed by atoms with Crippen molar-refractivity contribution in [3.05, 3.63) is 0 Å². The zero-order valence-corrected chi connectivity index (χ0v) is 9.59. The van der Waals surface area contributed by atoms with E-state index in [1.165, 1.54) is 32.5 Å². The highest BCUT2D eigenvalue weighted by Crippen LogP contribution is 2.16. The molecule has 0 atom stereocenters. The molecule has 1 aliphatic rings. The SMILES string of the molecule is CCNCCN1CCC(COC)CC1. The lowest BCUT2D eigenvalue weighted by Gasteiger charge is -2.31. The van der Waals surface area contributed by atoms with Crippen LogP contribution in [0, 0.1) is 5.92 Å². The topological polar surface area (TPSA) is 24.5 Å². The van der Waals surface area contributed by atoms with Crippen molar-refractivity contribution in [2.24, 2.45) is 5.92 Å². The predicted octanol–water partition coefficient (Wildman–Crippen LogP) is 0.954. The highest BCUT2D eigenvalue weighted by atomic mass is 16.5. The van der Waals surface area contributed by atoms with Gasteiger partial charge in [0.15, 0.2) is 0 Å². The second kappa shape index (κ2) is 7.21. The first-order chi connectivity index (χ1) is 6.86. The molecule has 1 fully saturated rings. The molecule has 0 aromatic carbocycles. The average molecular weight is 200 g/mol. The summed E-state index contributed by atoms with van der Waals surface area (Å²) in [5, 5.41) is 3.37. The van der Waals surface area contributed by atoms with Gasteiger partial charge in [0.2, 0.25) is 0 Å². The number of likely N-dealkylation sites (N-methyl/N-ethyl adjacent to an activating group) is 1. The van der Waals surface area contributed by atoms with Crippen LogP contribution in [0.5, 0.6) is 0 Å². The van der Waals surface area contributed by atoms with Gasteiger partial charge in [-0.2, -0.15) is 0 Å². The van der Waals surface area contributed by atoms with Crippen LogP contribution in [-0.4, -0.2) is 51.3 Å². The lowest BCUT2D eigenvalue weighted by atomic mass is 9.98. The zero-order chi connectivity index (χ0) is 10.2. The fourth-order valence-electron chi connectivity index (χ4n) is 2.03. The maximum absolute atomic E-state index is 5.18. The Balaban J connectivity index is 2.03. The van der Waals surface area contributed by atoms with Crippen LogP contribution in [-0.2, 0) is 4.74 Å². The first-order valence-corrected chi connectivity index (χ1v) is 5.78. The first-order valence-electron chi connectivity index (χ1n) is 5.78. The van der Waals surface area contributed by atoms with Crippen molar-refractivity contribution in [1.82, 2.24) is 10.2 Å². The van der Waals surface area contributed by atoms with Crippen LogP contribution in [0.15, 0.2) is 0 Å². The Morgan fingerprint density at radius 2 is 2.07 bits per heavy atom. The second-order valence-electron chi connectivity index (χ2n) is 4.09. The number of nitrogens with one attached hydrogen (secondary N) is 1. The average Bonchev–Trinajstić information content (AvgIpc) is 2.21. The number of hydrogen-bond acceptors (Lipinski definition) is 3. The van der Waals surface area contributed by atoms with E-state index in [1.807, 2.05) is 0 Å². The fraction of sp³-hybridized carbons (Fsp3) is 1.00. The number of ether oxygens (including phenoxy) is 1. The number of methoxy groups -OCH3 is 1. The summed E-state index contributed by atoms with van der Waals surface area (Å²) in [6.45, 7) is 9.02. The van der Waals surface area contributed by atoms with E-state index in [4.69, 9.17) is 4.74 Å². The number of nitrogens with zero attached hydrogens (tertiary/aromatic N) is 1. The van der Waals surface area contributed by atoms with Crippen LogP contribution < -0.4 is 5.32 Å². The predicted molar refractivity (Wildman–Crippen MR) is 59.6 cm³/mol. The summed E-state index contributed by atoms with van der Waals surface area (Å²) in [6, 6.07) is 0. The molecule has 14 heavy (non-hydrogen) atoms. The number of rotatable bonds is 6. The fourth-order valence-corrected chi connectivity index (χ4v) is 2.03. The van der Waals surface area contributed by atoms with Gasteiger partial charge in [0.25, 0.3) is 0 Å².